The molecule has 2 N–H and O–H groups in total. The monoisotopic (exact) mass is 265 g/mol. The van der Waals surface area contributed by atoms with Crippen molar-refractivity contribution in [1.82, 2.24) is 15.2 Å². The van der Waals surface area contributed by atoms with E-state index in [9.17, 15) is 4.79 Å². The highest BCUT2D eigenvalue weighted by Crippen LogP contribution is 2.13. The molecule has 19 heavy (non-hydrogen) atoms. The minimum atomic E-state index is -0.184. The second-order valence-electron chi connectivity index (χ2n) is 6.03. The van der Waals surface area contributed by atoms with E-state index in [4.69, 9.17) is 0 Å². The van der Waals surface area contributed by atoms with E-state index in [1.54, 1.807) is 0 Å². The van der Waals surface area contributed by atoms with E-state index in [1.807, 2.05) is 37.6 Å². The third-order valence-electron chi connectivity index (χ3n) is 2.84. The number of hydrogen-bond donors (Lipinski definition) is 2. The van der Waals surface area contributed by atoms with Gasteiger partial charge < -0.3 is 15.2 Å². The number of amides is 1. The first-order chi connectivity index (χ1) is 8.83. The molecule has 0 saturated carbocycles. The lowest BCUT2D eigenvalue weighted by atomic mass is 10.1. The van der Waals surface area contributed by atoms with Crippen molar-refractivity contribution in [3.8, 4) is 0 Å². The first-order valence-corrected chi connectivity index (χ1v) is 7.03. The Morgan fingerprint density at radius 1 is 1.42 bits per heavy atom. The predicted octanol–water partition coefficient (Wildman–Crippen LogP) is 2.46. The van der Waals surface area contributed by atoms with Gasteiger partial charge in [0.1, 0.15) is 6.54 Å². The summed E-state index contributed by atoms with van der Waals surface area (Å²) in [5.41, 5.74) is 0.966. The van der Waals surface area contributed by atoms with E-state index in [2.05, 4.69) is 30.5 Å². The third kappa shape index (κ3) is 5.47. The van der Waals surface area contributed by atoms with Crippen molar-refractivity contribution in [2.75, 3.05) is 6.54 Å². The average Bonchev–Trinajstić information content (AvgIpc) is 2.71. The van der Waals surface area contributed by atoms with Gasteiger partial charge in [0.2, 0.25) is 5.91 Å². The Hall–Kier alpha value is -1.29. The van der Waals surface area contributed by atoms with Gasteiger partial charge in [-0.25, -0.2) is 0 Å². The minimum Gasteiger partial charge on any atom is -0.350 e. The Bertz CT molecular complexity index is 404. The molecule has 4 nitrogen and oxygen atoms in total. The maximum absolute atomic E-state index is 12.0. The van der Waals surface area contributed by atoms with Crippen LogP contribution in [0.25, 0.3) is 0 Å². The van der Waals surface area contributed by atoms with Gasteiger partial charge in [0.15, 0.2) is 0 Å². The molecule has 1 atom stereocenters. The summed E-state index contributed by atoms with van der Waals surface area (Å²) >= 11 is 0. The third-order valence-corrected chi connectivity index (χ3v) is 2.84. The van der Waals surface area contributed by atoms with E-state index in [0.717, 1.165) is 18.7 Å². The van der Waals surface area contributed by atoms with E-state index >= 15 is 0 Å². The van der Waals surface area contributed by atoms with Gasteiger partial charge in [-0.15, -0.1) is 0 Å². The van der Waals surface area contributed by atoms with Gasteiger partial charge in [-0.3, -0.25) is 4.79 Å². The minimum absolute atomic E-state index is 0.0487. The number of rotatable bonds is 6. The Kier molecular flexibility index (Phi) is 5.60. The van der Waals surface area contributed by atoms with Crippen molar-refractivity contribution in [1.29, 1.82) is 0 Å². The maximum Gasteiger partial charge on any atom is 0.240 e. The van der Waals surface area contributed by atoms with Gasteiger partial charge in [0, 0.05) is 23.5 Å². The van der Waals surface area contributed by atoms with Crippen LogP contribution in [0, 0.1) is 0 Å². The SMILES string of the molecule is CCCNC(C)c1cccn1CC(=O)NC(C)(C)C. The molecule has 1 rings (SSSR count). The van der Waals surface area contributed by atoms with Crippen molar-refractivity contribution in [3.63, 3.8) is 0 Å². The molecular weight excluding hydrogens is 238 g/mol. The number of aromatic nitrogens is 1. The van der Waals surface area contributed by atoms with Crippen LogP contribution in [0.1, 0.15) is 52.8 Å². The molecule has 0 aliphatic rings. The van der Waals surface area contributed by atoms with Crippen LogP contribution >= 0.6 is 0 Å². The molecule has 0 bridgehead atoms. The smallest absolute Gasteiger partial charge is 0.240 e. The molecule has 0 spiro atoms. The maximum atomic E-state index is 12.0. The highest BCUT2D eigenvalue weighted by atomic mass is 16.2. The fourth-order valence-corrected chi connectivity index (χ4v) is 2.04. The topological polar surface area (TPSA) is 46.1 Å². The lowest BCUT2D eigenvalue weighted by Gasteiger charge is -2.22. The molecule has 0 aliphatic carbocycles. The summed E-state index contributed by atoms with van der Waals surface area (Å²) in [7, 11) is 0. The van der Waals surface area contributed by atoms with Gasteiger partial charge in [-0.05, 0) is 52.8 Å². The van der Waals surface area contributed by atoms with Crippen molar-refractivity contribution in [3.05, 3.63) is 24.0 Å². The Morgan fingerprint density at radius 2 is 2.11 bits per heavy atom. The first kappa shape index (κ1) is 15.8. The Morgan fingerprint density at radius 3 is 2.68 bits per heavy atom. The summed E-state index contributed by atoms with van der Waals surface area (Å²) in [6.45, 7) is 11.6. The van der Waals surface area contributed by atoms with Crippen molar-refractivity contribution in [2.24, 2.45) is 0 Å². The lowest BCUT2D eigenvalue weighted by Crippen LogP contribution is -2.42. The second kappa shape index (κ2) is 6.75. The zero-order chi connectivity index (χ0) is 14.5. The van der Waals surface area contributed by atoms with Gasteiger partial charge in [0.05, 0.1) is 0 Å². The fraction of sp³-hybridized carbons (Fsp3) is 0.667. The van der Waals surface area contributed by atoms with Crippen molar-refractivity contribution >= 4 is 5.91 Å². The van der Waals surface area contributed by atoms with Crippen molar-refractivity contribution < 1.29 is 4.79 Å². The zero-order valence-electron chi connectivity index (χ0n) is 12.8. The molecule has 4 heteroatoms. The van der Waals surface area contributed by atoms with Crippen LogP contribution in [0.3, 0.4) is 0 Å². The van der Waals surface area contributed by atoms with E-state index in [0.29, 0.717) is 6.54 Å². The summed E-state index contributed by atoms with van der Waals surface area (Å²) in [6.07, 6.45) is 3.07. The summed E-state index contributed by atoms with van der Waals surface area (Å²) in [6, 6.07) is 4.32. The van der Waals surface area contributed by atoms with Crippen LogP contribution in [0.2, 0.25) is 0 Å². The summed E-state index contributed by atoms with van der Waals surface area (Å²) in [4.78, 5) is 12.0. The lowest BCUT2D eigenvalue weighted by molar-refractivity contribution is -0.123. The highest BCUT2D eigenvalue weighted by molar-refractivity contribution is 5.76. The predicted molar refractivity (Wildman–Crippen MR) is 79.0 cm³/mol. The standard InChI is InChI=1S/C15H27N3O/c1-6-9-16-12(2)13-8-7-10-18(13)11-14(19)17-15(3,4)5/h7-8,10,12,16H,6,9,11H2,1-5H3,(H,17,19). The van der Waals surface area contributed by atoms with Gasteiger partial charge in [-0.2, -0.15) is 0 Å². The highest BCUT2D eigenvalue weighted by Gasteiger charge is 2.16. The van der Waals surface area contributed by atoms with Gasteiger partial charge in [-0.1, -0.05) is 6.92 Å². The number of nitrogens with one attached hydrogen (secondary N) is 2. The van der Waals surface area contributed by atoms with Crippen LogP contribution in [0.4, 0.5) is 0 Å². The molecule has 1 heterocycles. The Labute approximate surface area is 116 Å². The number of carbonyl (C=O) groups excluding carboxylic acids is 1. The van der Waals surface area contributed by atoms with Crippen LogP contribution < -0.4 is 10.6 Å². The molecule has 1 amide bonds. The molecule has 108 valence electrons. The van der Waals surface area contributed by atoms with Crippen LogP contribution in [-0.2, 0) is 11.3 Å². The normalized spacial score (nSPS) is 13.3. The Balaban J connectivity index is 2.64. The molecule has 1 aromatic heterocycles. The molecule has 0 aliphatic heterocycles. The molecule has 0 aromatic carbocycles. The molecule has 1 unspecified atom stereocenters. The summed E-state index contributed by atoms with van der Waals surface area (Å²) in [5, 5.41) is 6.43. The zero-order valence-corrected chi connectivity index (χ0v) is 12.8. The van der Waals surface area contributed by atoms with Crippen LogP contribution in [0.5, 0.6) is 0 Å². The summed E-state index contributed by atoms with van der Waals surface area (Å²) < 4.78 is 2.01. The van der Waals surface area contributed by atoms with Crippen LogP contribution in [-0.4, -0.2) is 22.6 Å². The van der Waals surface area contributed by atoms with E-state index < -0.39 is 0 Å². The second-order valence-corrected chi connectivity index (χ2v) is 6.03. The molecule has 1 aromatic rings. The molecule has 0 fully saturated rings. The average molecular weight is 265 g/mol. The van der Waals surface area contributed by atoms with Gasteiger partial charge >= 0.3 is 0 Å². The van der Waals surface area contributed by atoms with Gasteiger partial charge in [0.25, 0.3) is 0 Å². The molecule has 0 saturated heterocycles. The van der Waals surface area contributed by atoms with Crippen molar-refractivity contribution in [2.45, 2.75) is 59.2 Å². The fourth-order valence-electron chi connectivity index (χ4n) is 2.04. The molecular formula is C15H27N3O. The largest absolute Gasteiger partial charge is 0.350 e. The van der Waals surface area contributed by atoms with Crippen LogP contribution in [0.15, 0.2) is 18.3 Å². The number of hydrogen-bond acceptors (Lipinski definition) is 2. The summed E-state index contributed by atoms with van der Waals surface area (Å²) in [5.74, 6) is 0.0487. The van der Waals surface area contributed by atoms with E-state index in [-0.39, 0.29) is 17.5 Å². The number of nitrogens with zero attached hydrogens (tertiary/aromatic N) is 1. The first-order valence-electron chi connectivity index (χ1n) is 7.03. The molecule has 0 radical (unpaired) electrons. The quantitative estimate of drug-likeness (QED) is 0.830. The number of carbonyl (C=O) groups is 1. The van der Waals surface area contributed by atoms with E-state index in [1.165, 1.54) is 0 Å².